The molecule has 3 aromatic rings. The number of esters is 1. The Morgan fingerprint density at radius 2 is 1.77 bits per heavy atom. The molecule has 0 saturated carbocycles. The van der Waals surface area contributed by atoms with Gasteiger partial charge < -0.3 is 13.7 Å². The number of aromatic nitrogens is 1. The molecule has 0 amide bonds. The number of aryl methyl sites for hydroxylation is 1. The van der Waals surface area contributed by atoms with Crippen molar-refractivity contribution in [1.29, 1.82) is 0 Å². The van der Waals surface area contributed by atoms with Gasteiger partial charge in [0.25, 0.3) is 0 Å². The zero-order chi connectivity index (χ0) is 22.8. The van der Waals surface area contributed by atoms with Crippen molar-refractivity contribution in [3.05, 3.63) is 77.0 Å². The molecule has 164 valence electrons. The summed E-state index contributed by atoms with van der Waals surface area (Å²) in [5.74, 6) is -0.252. The number of carbonyl (C=O) groups is 2. The lowest BCUT2D eigenvalue weighted by molar-refractivity contribution is 0.0474. The Kier molecular flexibility index (Phi) is 6.47. The van der Waals surface area contributed by atoms with Crippen molar-refractivity contribution in [2.45, 2.75) is 25.3 Å². The first kappa shape index (κ1) is 22.5. The number of nitrogens with zero attached hydrogens (tertiary/aromatic N) is 2. The molecule has 2 aromatic heterocycles. The third-order valence-corrected chi connectivity index (χ3v) is 6.80. The molecule has 0 unspecified atom stereocenters. The van der Waals surface area contributed by atoms with Crippen molar-refractivity contribution in [1.82, 2.24) is 8.87 Å². The molecule has 0 aliphatic carbocycles. The van der Waals surface area contributed by atoms with Crippen LogP contribution >= 0.6 is 0 Å². The summed E-state index contributed by atoms with van der Waals surface area (Å²) in [5, 5.41) is 0. The van der Waals surface area contributed by atoms with Crippen LogP contribution in [0.3, 0.4) is 0 Å². The van der Waals surface area contributed by atoms with E-state index < -0.39 is 22.6 Å². The van der Waals surface area contributed by atoms with Gasteiger partial charge in [-0.05, 0) is 56.3 Å². The lowest BCUT2D eigenvalue weighted by Crippen LogP contribution is -2.22. The summed E-state index contributed by atoms with van der Waals surface area (Å²) < 4.78 is 37.8. The molecule has 9 heteroatoms. The predicted octanol–water partition coefficient (Wildman–Crippen LogP) is 3.04. The van der Waals surface area contributed by atoms with Gasteiger partial charge in [-0.1, -0.05) is 0 Å². The summed E-state index contributed by atoms with van der Waals surface area (Å²) in [6, 6.07) is 10.8. The maximum absolute atomic E-state index is 12.6. The van der Waals surface area contributed by atoms with E-state index in [-0.39, 0.29) is 16.2 Å². The van der Waals surface area contributed by atoms with E-state index in [4.69, 9.17) is 9.15 Å². The normalized spacial score (nSPS) is 11.6. The van der Waals surface area contributed by atoms with E-state index in [0.29, 0.717) is 12.1 Å². The van der Waals surface area contributed by atoms with Gasteiger partial charge in [-0.2, -0.15) is 0 Å². The zero-order valence-electron chi connectivity index (χ0n) is 17.8. The minimum atomic E-state index is -3.59. The number of ether oxygens (including phenoxy) is 1. The molecule has 1 aromatic carbocycles. The molecule has 0 aliphatic rings. The smallest absolute Gasteiger partial charge is 0.338 e. The van der Waals surface area contributed by atoms with Gasteiger partial charge in [-0.15, -0.1) is 0 Å². The largest absolute Gasteiger partial charge is 0.467 e. The quantitative estimate of drug-likeness (QED) is 0.391. The standard InChI is InChI=1S/C22H24N2O6S/c1-15-12-20(16(2)24(15)13-18-6-5-11-29-18)21(25)14-30-22(26)17-7-9-19(10-8-17)31(27,28)23(3)4/h5-12H,13-14H2,1-4H3. The number of sulfonamides is 1. The predicted molar refractivity (Wildman–Crippen MR) is 114 cm³/mol. The lowest BCUT2D eigenvalue weighted by atomic mass is 10.1. The highest BCUT2D eigenvalue weighted by atomic mass is 32.2. The van der Waals surface area contributed by atoms with Crippen LogP contribution in [-0.2, 0) is 21.3 Å². The maximum Gasteiger partial charge on any atom is 0.338 e. The minimum Gasteiger partial charge on any atom is -0.467 e. The number of hydrogen-bond acceptors (Lipinski definition) is 6. The lowest BCUT2D eigenvalue weighted by Gasteiger charge is -2.11. The highest BCUT2D eigenvalue weighted by Gasteiger charge is 2.20. The molecule has 8 nitrogen and oxygen atoms in total. The number of hydrogen-bond donors (Lipinski definition) is 0. The van der Waals surface area contributed by atoms with E-state index in [1.807, 2.05) is 24.5 Å². The average Bonchev–Trinajstić information content (AvgIpc) is 3.35. The van der Waals surface area contributed by atoms with Gasteiger partial charge in [0.15, 0.2) is 6.61 Å². The van der Waals surface area contributed by atoms with Crippen molar-refractivity contribution in [3.63, 3.8) is 0 Å². The van der Waals surface area contributed by atoms with Gasteiger partial charge in [0.05, 0.1) is 23.3 Å². The molecule has 0 radical (unpaired) electrons. The van der Waals surface area contributed by atoms with Gasteiger partial charge >= 0.3 is 5.97 Å². The van der Waals surface area contributed by atoms with Crippen LogP contribution in [0.4, 0.5) is 0 Å². The molecule has 0 atom stereocenters. The van der Waals surface area contributed by atoms with Crippen LogP contribution in [0, 0.1) is 13.8 Å². The molecular formula is C22H24N2O6S. The highest BCUT2D eigenvalue weighted by Crippen LogP contribution is 2.19. The summed E-state index contributed by atoms with van der Waals surface area (Å²) in [5.41, 5.74) is 2.28. The number of Topliss-reactive ketones (excluding diaryl/α,β-unsaturated/α-hetero) is 1. The van der Waals surface area contributed by atoms with E-state index in [1.54, 1.807) is 18.4 Å². The van der Waals surface area contributed by atoms with Crippen LogP contribution in [-0.4, -0.2) is 49.7 Å². The summed E-state index contributed by atoms with van der Waals surface area (Å²) in [7, 11) is -0.738. The third-order valence-electron chi connectivity index (χ3n) is 4.97. The number of furan rings is 1. The molecule has 0 saturated heterocycles. The van der Waals surface area contributed by atoms with E-state index in [2.05, 4.69) is 0 Å². The van der Waals surface area contributed by atoms with Crippen LogP contribution in [0.15, 0.2) is 58.0 Å². The van der Waals surface area contributed by atoms with Crippen molar-refractivity contribution in [2.24, 2.45) is 0 Å². The fourth-order valence-corrected chi connectivity index (χ4v) is 4.05. The Morgan fingerprint density at radius 1 is 1.10 bits per heavy atom. The van der Waals surface area contributed by atoms with Crippen LogP contribution in [0.1, 0.15) is 37.9 Å². The first-order valence-electron chi connectivity index (χ1n) is 9.53. The summed E-state index contributed by atoms with van der Waals surface area (Å²) >= 11 is 0. The van der Waals surface area contributed by atoms with Crippen LogP contribution in [0.2, 0.25) is 0 Å². The molecule has 0 N–H and O–H groups in total. The summed E-state index contributed by atoms with van der Waals surface area (Å²) in [4.78, 5) is 25.0. The van der Waals surface area contributed by atoms with Crippen LogP contribution in [0.25, 0.3) is 0 Å². The number of ketones is 1. The second-order valence-corrected chi connectivity index (χ2v) is 9.41. The third kappa shape index (κ3) is 4.78. The second kappa shape index (κ2) is 8.91. The Labute approximate surface area is 181 Å². The van der Waals surface area contributed by atoms with Gasteiger partial charge in [0.2, 0.25) is 15.8 Å². The Morgan fingerprint density at radius 3 is 2.35 bits per heavy atom. The molecule has 0 aliphatic heterocycles. The van der Waals surface area contributed by atoms with E-state index in [0.717, 1.165) is 21.5 Å². The van der Waals surface area contributed by atoms with Gasteiger partial charge in [-0.3, -0.25) is 4.79 Å². The Balaban J connectivity index is 1.66. The van der Waals surface area contributed by atoms with Crippen molar-refractivity contribution >= 4 is 21.8 Å². The number of carbonyl (C=O) groups excluding carboxylic acids is 2. The van der Waals surface area contributed by atoms with Crippen molar-refractivity contribution in [3.8, 4) is 0 Å². The fourth-order valence-electron chi connectivity index (χ4n) is 3.15. The SMILES string of the molecule is Cc1cc(C(=O)COC(=O)c2ccc(S(=O)(=O)N(C)C)cc2)c(C)n1Cc1ccco1. The van der Waals surface area contributed by atoms with Crippen molar-refractivity contribution in [2.75, 3.05) is 20.7 Å². The first-order chi connectivity index (χ1) is 14.6. The second-order valence-electron chi connectivity index (χ2n) is 7.26. The van der Waals surface area contributed by atoms with E-state index in [9.17, 15) is 18.0 Å². The monoisotopic (exact) mass is 444 g/mol. The Hall–Kier alpha value is -3.17. The summed E-state index contributed by atoms with van der Waals surface area (Å²) in [6.07, 6.45) is 1.59. The highest BCUT2D eigenvalue weighted by molar-refractivity contribution is 7.89. The average molecular weight is 445 g/mol. The van der Waals surface area contributed by atoms with E-state index in [1.165, 1.54) is 38.4 Å². The topological polar surface area (TPSA) is 98.8 Å². The minimum absolute atomic E-state index is 0.0640. The summed E-state index contributed by atoms with van der Waals surface area (Å²) in [6.45, 7) is 3.80. The number of benzene rings is 1. The molecule has 0 spiro atoms. The van der Waals surface area contributed by atoms with Gasteiger partial charge in [0, 0.05) is 31.0 Å². The Bertz CT molecular complexity index is 1190. The van der Waals surface area contributed by atoms with Crippen molar-refractivity contribution < 1.29 is 27.2 Å². The zero-order valence-corrected chi connectivity index (χ0v) is 18.6. The van der Waals surface area contributed by atoms with Gasteiger partial charge in [0.1, 0.15) is 5.76 Å². The molecule has 0 fully saturated rings. The van der Waals surface area contributed by atoms with Crippen LogP contribution < -0.4 is 0 Å². The fraction of sp³-hybridized carbons (Fsp3) is 0.273. The number of rotatable bonds is 8. The molecule has 2 heterocycles. The van der Waals surface area contributed by atoms with E-state index >= 15 is 0 Å². The molecule has 3 rings (SSSR count). The molecule has 0 bridgehead atoms. The van der Waals surface area contributed by atoms with Crippen LogP contribution in [0.5, 0.6) is 0 Å². The van der Waals surface area contributed by atoms with Gasteiger partial charge in [-0.25, -0.2) is 17.5 Å². The maximum atomic E-state index is 12.6. The first-order valence-corrected chi connectivity index (χ1v) is 11.0. The molecular weight excluding hydrogens is 420 g/mol. The molecule has 31 heavy (non-hydrogen) atoms.